The maximum absolute atomic E-state index is 10.2. The topological polar surface area (TPSA) is 73.6 Å². The third-order valence-corrected chi connectivity index (χ3v) is 6.54. The Bertz CT molecular complexity index is 832. The summed E-state index contributed by atoms with van der Waals surface area (Å²) < 4.78 is 6.39. The molecule has 3 aliphatic rings. The highest BCUT2D eigenvalue weighted by molar-refractivity contribution is 5.58. The van der Waals surface area contributed by atoms with Crippen molar-refractivity contribution in [3.63, 3.8) is 0 Å². The largest absolute Gasteiger partial charge is 0.483 e. The highest BCUT2D eigenvalue weighted by Crippen LogP contribution is 2.43. The maximum Gasteiger partial charge on any atom is 0.294 e. The lowest BCUT2D eigenvalue weighted by Crippen LogP contribution is -2.28. The van der Waals surface area contributed by atoms with Crippen molar-refractivity contribution in [3.05, 3.63) is 68.7 Å². The molecule has 0 saturated heterocycles. The van der Waals surface area contributed by atoms with Gasteiger partial charge in [0.25, 0.3) is 5.09 Å². The average molecular weight is 429 g/mol. The molecule has 0 bridgehead atoms. The van der Waals surface area contributed by atoms with Gasteiger partial charge in [0.05, 0.1) is 6.61 Å². The number of nitrogens with one attached hydrogen (secondary N) is 1. The zero-order chi connectivity index (χ0) is 22.4. The number of hydrogen-bond donors (Lipinski definition) is 1. The number of rotatable bonds is 10. The van der Waals surface area contributed by atoms with Crippen LogP contribution in [0.5, 0.6) is 0 Å². The van der Waals surface area contributed by atoms with Crippen LogP contribution >= 0.6 is 0 Å². The summed E-state index contributed by atoms with van der Waals surface area (Å²) in [5, 5.41) is 12.7. The molecule has 3 rings (SSSR count). The molecule has 170 valence electrons. The summed E-state index contributed by atoms with van der Waals surface area (Å²) >= 11 is 0. The van der Waals surface area contributed by atoms with Crippen LogP contribution in [0.25, 0.3) is 0 Å². The number of allylic oxidation sites excluding steroid dienone is 6. The molecule has 6 heteroatoms. The number of unbranched alkanes of at least 4 members (excludes halogenated alkanes) is 2. The Kier molecular flexibility index (Phi) is 7.63. The molecule has 6 nitrogen and oxygen atoms in total. The third-order valence-electron chi connectivity index (χ3n) is 6.54. The van der Waals surface area contributed by atoms with E-state index >= 15 is 0 Å². The molecule has 2 unspecified atom stereocenters. The Hall–Kier alpha value is -2.50. The van der Waals surface area contributed by atoms with E-state index in [1.165, 1.54) is 22.3 Å². The van der Waals surface area contributed by atoms with E-state index in [-0.39, 0.29) is 12.2 Å². The molecule has 2 aliphatic heterocycles. The van der Waals surface area contributed by atoms with Crippen molar-refractivity contribution in [2.45, 2.75) is 71.8 Å². The van der Waals surface area contributed by atoms with Crippen LogP contribution in [-0.4, -0.2) is 23.8 Å². The maximum atomic E-state index is 10.2. The van der Waals surface area contributed by atoms with Crippen LogP contribution in [0.2, 0.25) is 0 Å². The summed E-state index contributed by atoms with van der Waals surface area (Å²) in [5.41, 5.74) is 5.06. The highest BCUT2D eigenvalue weighted by Gasteiger charge is 2.32. The van der Waals surface area contributed by atoms with Gasteiger partial charge in [-0.3, -0.25) is 0 Å². The zero-order valence-corrected chi connectivity index (χ0v) is 19.3. The fourth-order valence-electron chi connectivity index (χ4n) is 4.60. The van der Waals surface area contributed by atoms with Crippen molar-refractivity contribution in [1.29, 1.82) is 0 Å². The van der Waals surface area contributed by atoms with Crippen LogP contribution in [0.4, 0.5) is 0 Å². The minimum absolute atomic E-state index is 0.198. The van der Waals surface area contributed by atoms with Crippen LogP contribution in [-0.2, 0) is 9.57 Å². The Balaban J connectivity index is 1.63. The second-order valence-corrected chi connectivity index (χ2v) is 9.40. The number of hydrogen-bond acceptors (Lipinski definition) is 5. The minimum atomic E-state index is -0.712. The summed E-state index contributed by atoms with van der Waals surface area (Å²) in [4.78, 5) is 14.6. The molecule has 0 aromatic carbocycles. The van der Waals surface area contributed by atoms with E-state index in [2.05, 4.69) is 62.2 Å². The van der Waals surface area contributed by atoms with Gasteiger partial charge in [0.2, 0.25) is 0 Å². The van der Waals surface area contributed by atoms with Gasteiger partial charge in [-0.15, -0.1) is 10.1 Å². The normalized spacial score (nSPS) is 21.6. The van der Waals surface area contributed by atoms with Gasteiger partial charge in [0.15, 0.2) is 0 Å². The molecule has 0 aromatic rings. The van der Waals surface area contributed by atoms with Gasteiger partial charge < -0.3 is 14.9 Å². The van der Waals surface area contributed by atoms with Crippen molar-refractivity contribution in [2.75, 3.05) is 13.2 Å². The van der Waals surface area contributed by atoms with Gasteiger partial charge in [0, 0.05) is 12.1 Å². The predicted molar refractivity (Wildman–Crippen MR) is 123 cm³/mol. The van der Waals surface area contributed by atoms with E-state index in [1.807, 2.05) is 6.20 Å². The van der Waals surface area contributed by atoms with Gasteiger partial charge in [-0.25, -0.2) is 0 Å². The van der Waals surface area contributed by atoms with Crippen LogP contribution in [0.1, 0.15) is 66.2 Å². The fraction of sp³-hybridized carbons (Fsp3) is 0.600. The van der Waals surface area contributed by atoms with E-state index in [0.29, 0.717) is 11.8 Å². The first kappa shape index (κ1) is 23.2. The molecule has 0 radical (unpaired) electrons. The van der Waals surface area contributed by atoms with Gasteiger partial charge >= 0.3 is 0 Å². The number of nitrogens with zero attached hydrogens (tertiary/aromatic N) is 1. The van der Waals surface area contributed by atoms with Gasteiger partial charge in [0.1, 0.15) is 11.4 Å². The molecule has 0 aromatic heterocycles. The fourth-order valence-corrected chi connectivity index (χ4v) is 4.60. The van der Waals surface area contributed by atoms with Crippen LogP contribution < -0.4 is 5.32 Å². The number of ether oxygens (including phenoxy) is 1. The highest BCUT2D eigenvalue weighted by atomic mass is 16.9. The lowest BCUT2D eigenvalue weighted by atomic mass is 9.77. The lowest BCUT2D eigenvalue weighted by Gasteiger charge is -2.36. The first-order valence-corrected chi connectivity index (χ1v) is 11.5. The van der Waals surface area contributed by atoms with Gasteiger partial charge in [-0.1, -0.05) is 44.8 Å². The molecular formula is C25H36N2O4. The zero-order valence-electron chi connectivity index (χ0n) is 19.3. The summed E-state index contributed by atoms with van der Waals surface area (Å²) in [6, 6.07) is 0. The SMILES string of the molecule is CC(CCCCCO[N+](=O)[O-])C(C)C1=CC2=C(CC1)C(C1=CCNC=C1)=CC(C)(C)O2. The van der Waals surface area contributed by atoms with Crippen molar-refractivity contribution < 1.29 is 14.7 Å². The van der Waals surface area contributed by atoms with Crippen molar-refractivity contribution in [2.24, 2.45) is 11.8 Å². The molecule has 0 fully saturated rings. The second kappa shape index (κ2) is 10.2. The predicted octanol–water partition coefficient (Wildman–Crippen LogP) is 5.78. The van der Waals surface area contributed by atoms with Crippen LogP contribution in [0, 0.1) is 22.0 Å². The van der Waals surface area contributed by atoms with Crippen molar-refractivity contribution in [1.82, 2.24) is 5.32 Å². The Morgan fingerprint density at radius 2 is 2.06 bits per heavy atom. The van der Waals surface area contributed by atoms with Crippen LogP contribution in [0.15, 0.2) is 58.6 Å². The van der Waals surface area contributed by atoms with E-state index < -0.39 is 5.09 Å². The first-order chi connectivity index (χ1) is 14.8. The molecule has 1 aliphatic carbocycles. The summed E-state index contributed by atoms with van der Waals surface area (Å²) in [6.07, 6.45) is 16.9. The summed E-state index contributed by atoms with van der Waals surface area (Å²) in [5.74, 6) is 2.09. The quantitative estimate of drug-likeness (QED) is 0.271. The molecule has 2 heterocycles. The van der Waals surface area contributed by atoms with E-state index in [9.17, 15) is 10.1 Å². The summed E-state index contributed by atoms with van der Waals surface area (Å²) in [6.45, 7) is 9.94. The van der Waals surface area contributed by atoms with Gasteiger partial charge in [-0.2, -0.15) is 0 Å². The third kappa shape index (κ3) is 6.25. The Morgan fingerprint density at radius 3 is 2.77 bits per heavy atom. The molecule has 2 atom stereocenters. The van der Waals surface area contributed by atoms with E-state index in [0.717, 1.165) is 50.8 Å². The molecule has 1 N–H and O–H groups in total. The second-order valence-electron chi connectivity index (χ2n) is 9.40. The number of dihydropyridines is 1. The molecule has 31 heavy (non-hydrogen) atoms. The summed E-state index contributed by atoms with van der Waals surface area (Å²) in [7, 11) is 0. The molecule has 0 amide bonds. The molecular weight excluding hydrogens is 392 g/mol. The van der Waals surface area contributed by atoms with E-state index in [1.54, 1.807) is 0 Å². The van der Waals surface area contributed by atoms with Crippen molar-refractivity contribution >= 4 is 0 Å². The Morgan fingerprint density at radius 1 is 1.26 bits per heavy atom. The average Bonchev–Trinajstić information content (AvgIpc) is 2.74. The lowest BCUT2D eigenvalue weighted by molar-refractivity contribution is -0.757. The monoisotopic (exact) mass is 428 g/mol. The molecule has 0 spiro atoms. The van der Waals surface area contributed by atoms with Crippen LogP contribution in [0.3, 0.4) is 0 Å². The Labute approximate surface area is 185 Å². The van der Waals surface area contributed by atoms with E-state index in [4.69, 9.17) is 4.74 Å². The molecule has 0 saturated carbocycles. The van der Waals surface area contributed by atoms with Gasteiger partial charge in [-0.05, 0) is 80.5 Å². The van der Waals surface area contributed by atoms with Crippen molar-refractivity contribution in [3.8, 4) is 0 Å². The minimum Gasteiger partial charge on any atom is -0.483 e. The smallest absolute Gasteiger partial charge is 0.294 e. The first-order valence-electron chi connectivity index (χ1n) is 11.5. The standard InChI is InChI=1S/C25H36N2O4/c1-18(8-6-5-7-15-30-27(28)29)19(2)21-9-10-22-23(20-11-13-26-14-12-20)17-25(3,4)31-24(22)16-21/h11-13,16-19,26H,5-10,14-15H2,1-4H3.